The number of quaternary nitrogens is 1. The zero-order valence-corrected chi connectivity index (χ0v) is 9.09. The van der Waals surface area contributed by atoms with E-state index in [1.54, 1.807) is 0 Å². The Labute approximate surface area is 86.1 Å². The monoisotopic (exact) mass is 191 g/mol. The molecule has 0 saturated carbocycles. The Morgan fingerprint density at radius 1 is 1.07 bits per heavy atom. The Balaban J connectivity index is 2.23. The van der Waals surface area contributed by atoms with E-state index in [-0.39, 0.29) is 0 Å². The Morgan fingerprint density at radius 3 is 2.21 bits per heavy atom. The molecule has 1 saturated heterocycles. The highest BCUT2D eigenvalue weighted by Crippen LogP contribution is 2.21. The zero-order chi connectivity index (χ0) is 10.0. The SMILES string of the molecule is Cc1ccc([N+]2(C)CCNCC2)cc1. The maximum atomic E-state index is 3.41. The van der Waals surface area contributed by atoms with Crippen molar-refractivity contribution in [2.75, 3.05) is 33.2 Å². The molecule has 14 heavy (non-hydrogen) atoms. The summed E-state index contributed by atoms with van der Waals surface area (Å²) in [6.07, 6.45) is 0. The van der Waals surface area contributed by atoms with E-state index in [2.05, 4.69) is 43.6 Å². The molecule has 0 aromatic heterocycles. The first kappa shape index (κ1) is 9.69. The molecule has 1 aliphatic rings. The largest absolute Gasteiger partial charge is 0.306 e. The van der Waals surface area contributed by atoms with Crippen LogP contribution in [0.25, 0.3) is 0 Å². The second kappa shape index (κ2) is 3.71. The van der Waals surface area contributed by atoms with E-state index < -0.39 is 0 Å². The van der Waals surface area contributed by atoms with Gasteiger partial charge in [0.05, 0.1) is 20.1 Å². The van der Waals surface area contributed by atoms with Gasteiger partial charge >= 0.3 is 0 Å². The van der Waals surface area contributed by atoms with Gasteiger partial charge in [-0.25, -0.2) is 0 Å². The molecule has 1 aromatic rings. The molecule has 0 atom stereocenters. The number of hydrogen-bond donors (Lipinski definition) is 1. The number of piperazine rings is 1. The lowest BCUT2D eigenvalue weighted by atomic mass is 10.1. The minimum Gasteiger partial charge on any atom is -0.306 e. The van der Waals surface area contributed by atoms with Crippen LogP contribution in [0.3, 0.4) is 0 Å². The first-order valence-electron chi connectivity index (χ1n) is 5.33. The average Bonchev–Trinajstić information content (AvgIpc) is 2.19. The van der Waals surface area contributed by atoms with Crippen LogP contribution in [-0.2, 0) is 0 Å². The van der Waals surface area contributed by atoms with E-state index in [0.717, 1.165) is 17.6 Å². The number of benzene rings is 1. The first-order valence-corrected chi connectivity index (χ1v) is 5.33. The Bertz CT molecular complexity index is 297. The van der Waals surface area contributed by atoms with Gasteiger partial charge in [0.15, 0.2) is 0 Å². The predicted molar refractivity (Wildman–Crippen MR) is 61.5 cm³/mol. The quantitative estimate of drug-likeness (QED) is 0.664. The van der Waals surface area contributed by atoms with Crippen LogP contribution < -0.4 is 9.80 Å². The molecule has 2 heteroatoms. The van der Waals surface area contributed by atoms with Crippen LogP contribution in [0.4, 0.5) is 5.69 Å². The highest BCUT2D eigenvalue weighted by molar-refractivity contribution is 5.44. The van der Waals surface area contributed by atoms with E-state index in [9.17, 15) is 0 Å². The highest BCUT2D eigenvalue weighted by atomic mass is 15.4. The number of nitrogens with zero attached hydrogens (tertiary/aromatic N) is 1. The van der Waals surface area contributed by atoms with Gasteiger partial charge in [0.25, 0.3) is 0 Å². The molecule has 76 valence electrons. The van der Waals surface area contributed by atoms with Crippen LogP contribution in [0.15, 0.2) is 24.3 Å². The number of aryl methyl sites for hydroxylation is 1. The fraction of sp³-hybridized carbons (Fsp3) is 0.500. The van der Waals surface area contributed by atoms with E-state index >= 15 is 0 Å². The van der Waals surface area contributed by atoms with Crippen LogP contribution in [0.5, 0.6) is 0 Å². The third kappa shape index (κ3) is 1.81. The van der Waals surface area contributed by atoms with Crippen LogP contribution in [0.2, 0.25) is 0 Å². The van der Waals surface area contributed by atoms with Crippen molar-refractivity contribution >= 4 is 5.69 Å². The summed E-state index contributed by atoms with van der Waals surface area (Å²) in [6, 6.07) is 8.95. The standard InChI is InChI=1S/C12H19N2/c1-11-3-5-12(6-4-11)14(2)9-7-13-8-10-14/h3-6,13H,7-10H2,1-2H3/q+1. The Hall–Kier alpha value is -0.860. The van der Waals surface area contributed by atoms with Crippen molar-refractivity contribution in [3.63, 3.8) is 0 Å². The maximum absolute atomic E-state index is 3.41. The van der Waals surface area contributed by atoms with Crippen molar-refractivity contribution < 1.29 is 0 Å². The lowest BCUT2D eigenvalue weighted by Gasteiger charge is -2.37. The molecule has 0 spiro atoms. The number of likely N-dealkylation sites (N-methyl/N-ethyl adjacent to an activating group) is 1. The summed E-state index contributed by atoms with van der Waals surface area (Å²) in [5.41, 5.74) is 2.78. The smallest absolute Gasteiger partial charge is 0.132 e. The number of hydrogen-bond acceptors (Lipinski definition) is 1. The number of nitrogens with one attached hydrogen (secondary N) is 1. The molecule has 1 aliphatic heterocycles. The summed E-state index contributed by atoms with van der Waals surface area (Å²) in [6.45, 7) is 6.79. The molecule has 2 nitrogen and oxygen atoms in total. The van der Waals surface area contributed by atoms with Gasteiger partial charge in [0, 0.05) is 13.1 Å². The third-order valence-electron chi connectivity index (χ3n) is 3.22. The second-order valence-corrected chi connectivity index (χ2v) is 4.43. The van der Waals surface area contributed by atoms with Gasteiger partial charge in [-0.15, -0.1) is 0 Å². The van der Waals surface area contributed by atoms with Crippen LogP contribution in [0.1, 0.15) is 5.56 Å². The molecule has 0 bridgehead atoms. The van der Waals surface area contributed by atoms with Crippen molar-refractivity contribution in [3.8, 4) is 0 Å². The lowest BCUT2D eigenvalue weighted by molar-refractivity contribution is 0.288. The Kier molecular flexibility index (Phi) is 2.57. The number of rotatable bonds is 1. The summed E-state index contributed by atoms with van der Waals surface area (Å²) < 4.78 is 1.08. The van der Waals surface area contributed by atoms with Crippen LogP contribution in [0, 0.1) is 6.92 Å². The molecule has 0 aliphatic carbocycles. The van der Waals surface area contributed by atoms with E-state index in [0.29, 0.717) is 0 Å². The molecule has 1 heterocycles. The molecular formula is C12H19N2+. The van der Waals surface area contributed by atoms with Gasteiger partial charge in [-0.2, -0.15) is 0 Å². The zero-order valence-electron chi connectivity index (χ0n) is 9.09. The van der Waals surface area contributed by atoms with Crippen molar-refractivity contribution in [1.82, 2.24) is 9.80 Å². The molecule has 2 rings (SSSR count). The van der Waals surface area contributed by atoms with Crippen molar-refractivity contribution in [2.24, 2.45) is 0 Å². The predicted octanol–water partition coefficient (Wildman–Crippen LogP) is 1.54. The fourth-order valence-corrected chi connectivity index (χ4v) is 2.05. The van der Waals surface area contributed by atoms with Gasteiger partial charge in [-0.05, 0) is 19.1 Å². The van der Waals surface area contributed by atoms with Gasteiger partial charge in [-0.3, -0.25) is 4.48 Å². The molecule has 0 unspecified atom stereocenters. The summed E-state index contributed by atoms with van der Waals surface area (Å²) in [5, 5.41) is 3.41. The van der Waals surface area contributed by atoms with Crippen molar-refractivity contribution in [1.29, 1.82) is 0 Å². The minimum absolute atomic E-state index is 1.08. The summed E-state index contributed by atoms with van der Waals surface area (Å²) >= 11 is 0. The maximum Gasteiger partial charge on any atom is 0.132 e. The van der Waals surface area contributed by atoms with Crippen LogP contribution >= 0.6 is 0 Å². The minimum atomic E-state index is 1.08. The molecule has 0 amide bonds. The summed E-state index contributed by atoms with van der Waals surface area (Å²) in [4.78, 5) is 0. The molecular weight excluding hydrogens is 172 g/mol. The second-order valence-electron chi connectivity index (χ2n) is 4.43. The van der Waals surface area contributed by atoms with Crippen LogP contribution in [-0.4, -0.2) is 33.2 Å². The average molecular weight is 191 g/mol. The van der Waals surface area contributed by atoms with E-state index in [1.165, 1.54) is 24.3 Å². The molecule has 1 aromatic carbocycles. The van der Waals surface area contributed by atoms with Crippen molar-refractivity contribution in [2.45, 2.75) is 6.92 Å². The molecule has 1 N–H and O–H groups in total. The highest BCUT2D eigenvalue weighted by Gasteiger charge is 2.26. The Morgan fingerprint density at radius 2 is 1.64 bits per heavy atom. The lowest BCUT2D eigenvalue weighted by Crippen LogP contribution is -2.57. The molecule has 1 fully saturated rings. The third-order valence-corrected chi connectivity index (χ3v) is 3.22. The van der Waals surface area contributed by atoms with Gasteiger partial charge < -0.3 is 5.32 Å². The van der Waals surface area contributed by atoms with Crippen molar-refractivity contribution in [3.05, 3.63) is 29.8 Å². The van der Waals surface area contributed by atoms with Gasteiger partial charge in [0.2, 0.25) is 0 Å². The summed E-state index contributed by atoms with van der Waals surface area (Å²) in [7, 11) is 2.32. The fourth-order valence-electron chi connectivity index (χ4n) is 2.05. The molecule has 0 radical (unpaired) electrons. The van der Waals surface area contributed by atoms with Gasteiger partial charge in [-0.1, -0.05) is 17.7 Å². The normalized spacial score (nSPS) is 20.7. The van der Waals surface area contributed by atoms with Gasteiger partial charge in [0.1, 0.15) is 5.69 Å². The van der Waals surface area contributed by atoms with E-state index in [4.69, 9.17) is 0 Å². The topological polar surface area (TPSA) is 12.0 Å². The van der Waals surface area contributed by atoms with E-state index in [1.807, 2.05) is 0 Å². The first-order chi connectivity index (χ1) is 6.71. The summed E-state index contributed by atoms with van der Waals surface area (Å²) in [5.74, 6) is 0.